The van der Waals surface area contributed by atoms with Crippen molar-refractivity contribution in [2.24, 2.45) is 0 Å². The summed E-state index contributed by atoms with van der Waals surface area (Å²) in [7, 11) is 1.93. The molecule has 0 aliphatic carbocycles. The number of hydrogen-bond donors (Lipinski definition) is 1. The Morgan fingerprint density at radius 3 is 2.82 bits per heavy atom. The number of halogens is 1. The predicted molar refractivity (Wildman–Crippen MR) is 85.6 cm³/mol. The van der Waals surface area contributed by atoms with Gasteiger partial charge in [-0.2, -0.15) is 0 Å². The zero-order valence-corrected chi connectivity index (χ0v) is 13.0. The number of hydrogen-bond acceptors (Lipinski definition) is 4. The third-order valence-electron chi connectivity index (χ3n) is 4.17. The minimum atomic E-state index is -0.870. The first-order chi connectivity index (χ1) is 10.6. The smallest absolute Gasteiger partial charge is 0.407 e. The minimum absolute atomic E-state index is 0.0868. The SMILES string of the molecule is CN(c1nnc(Cl)c2ccccc12)[C@@H]1CCCN(C(=O)O)C1. The molecule has 0 radical (unpaired) electrons. The van der Waals surface area contributed by atoms with Crippen molar-refractivity contribution in [2.75, 3.05) is 25.0 Å². The highest BCUT2D eigenvalue weighted by atomic mass is 35.5. The molecular weight excluding hydrogens is 304 g/mol. The quantitative estimate of drug-likeness (QED) is 0.921. The highest BCUT2D eigenvalue weighted by Gasteiger charge is 2.27. The van der Waals surface area contributed by atoms with E-state index in [1.807, 2.05) is 36.2 Å². The van der Waals surface area contributed by atoms with Crippen LogP contribution in [0.25, 0.3) is 10.8 Å². The summed E-state index contributed by atoms with van der Waals surface area (Å²) in [5.74, 6) is 0.734. The Labute approximate surface area is 133 Å². The number of nitrogens with zero attached hydrogens (tertiary/aromatic N) is 4. The van der Waals surface area contributed by atoms with Crippen molar-refractivity contribution in [3.05, 3.63) is 29.4 Å². The van der Waals surface area contributed by atoms with Gasteiger partial charge in [0.2, 0.25) is 0 Å². The summed E-state index contributed by atoms with van der Waals surface area (Å²) >= 11 is 6.11. The van der Waals surface area contributed by atoms with Crippen LogP contribution in [-0.4, -0.2) is 52.5 Å². The molecule has 0 saturated carbocycles. The molecule has 7 heteroatoms. The maximum absolute atomic E-state index is 11.2. The summed E-state index contributed by atoms with van der Waals surface area (Å²) in [5.41, 5.74) is 0. The van der Waals surface area contributed by atoms with E-state index in [-0.39, 0.29) is 6.04 Å². The molecule has 22 heavy (non-hydrogen) atoms. The second kappa shape index (κ2) is 5.96. The molecule has 0 bridgehead atoms. The fraction of sp³-hybridized carbons (Fsp3) is 0.400. The molecule has 1 aliphatic heterocycles. The number of fused-ring (bicyclic) bond motifs is 1. The summed E-state index contributed by atoms with van der Waals surface area (Å²) in [6, 6.07) is 7.80. The van der Waals surface area contributed by atoms with Gasteiger partial charge in [0.25, 0.3) is 0 Å². The van der Waals surface area contributed by atoms with Crippen LogP contribution in [0.5, 0.6) is 0 Å². The van der Waals surface area contributed by atoms with Crippen molar-refractivity contribution in [2.45, 2.75) is 18.9 Å². The molecule has 1 aromatic heterocycles. The van der Waals surface area contributed by atoms with E-state index in [1.165, 1.54) is 4.90 Å². The van der Waals surface area contributed by atoms with Crippen LogP contribution in [0, 0.1) is 0 Å². The van der Waals surface area contributed by atoms with Crippen molar-refractivity contribution in [1.82, 2.24) is 15.1 Å². The lowest BCUT2D eigenvalue weighted by Gasteiger charge is -2.37. The first-order valence-corrected chi connectivity index (χ1v) is 7.57. The summed E-state index contributed by atoms with van der Waals surface area (Å²) < 4.78 is 0. The van der Waals surface area contributed by atoms with E-state index in [9.17, 15) is 9.90 Å². The second-order valence-corrected chi connectivity index (χ2v) is 5.85. The van der Waals surface area contributed by atoms with Gasteiger partial charge in [-0.15, -0.1) is 10.2 Å². The van der Waals surface area contributed by atoms with Crippen molar-refractivity contribution in [3.8, 4) is 0 Å². The zero-order valence-electron chi connectivity index (χ0n) is 12.2. The summed E-state index contributed by atoms with van der Waals surface area (Å²) in [5, 5.41) is 19.6. The Morgan fingerprint density at radius 2 is 2.09 bits per heavy atom. The molecular formula is C15H17ClN4O2. The van der Waals surface area contributed by atoms with Crippen LogP contribution in [0.1, 0.15) is 12.8 Å². The van der Waals surface area contributed by atoms with Gasteiger partial charge in [-0.05, 0) is 12.8 Å². The number of amides is 1. The van der Waals surface area contributed by atoms with Gasteiger partial charge in [0.15, 0.2) is 11.0 Å². The monoisotopic (exact) mass is 320 g/mol. The van der Waals surface area contributed by atoms with Crippen molar-refractivity contribution in [3.63, 3.8) is 0 Å². The van der Waals surface area contributed by atoms with Crippen LogP contribution in [0.4, 0.5) is 10.6 Å². The fourth-order valence-corrected chi connectivity index (χ4v) is 3.14. The van der Waals surface area contributed by atoms with Crippen LogP contribution in [0.3, 0.4) is 0 Å². The number of likely N-dealkylation sites (tertiary alicyclic amines) is 1. The molecule has 1 aromatic carbocycles. The molecule has 1 fully saturated rings. The molecule has 6 nitrogen and oxygen atoms in total. The summed E-state index contributed by atoms with van der Waals surface area (Å²) in [4.78, 5) is 14.6. The van der Waals surface area contributed by atoms with Gasteiger partial charge in [-0.1, -0.05) is 35.9 Å². The van der Waals surface area contributed by atoms with Crippen molar-refractivity contribution in [1.29, 1.82) is 0 Å². The van der Waals surface area contributed by atoms with E-state index >= 15 is 0 Å². The normalized spacial score (nSPS) is 18.5. The van der Waals surface area contributed by atoms with Gasteiger partial charge in [-0.3, -0.25) is 0 Å². The van der Waals surface area contributed by atoms with Crippen LogP contribution >= 0.6 is 11.6 Å². The average Bonchev–Trinajstić information content (AvgIpc) is 2.55. The fourth-order valence-electron chi connectivity index (χ4n) is 2.94. The number of aromatic nitrogens is 2. The Balaban J connectivity index is 1.94. The van der Waals surface area contributed by atoms with Gasteiger partial charge in [-0.25, -0.2) is 4.79 Å². The maximum Gasteiger partial charge on any atom is 0.407 e. The highest BCUT2D eigenvalue weighted by Crippen LogP contribution is 2.29. The van der Waals surface area contributed by atoms with E-state index in [0.717, 1.165) is 29.4 Å². The number of rotatable bonds is 2. The third kappa shape index (κ3) is 2.66. The average molecular weight is 321 g/mol. The van der Waals surface area contributed by atoms with Crippen LogP contribution in [-0.2, 0) is 0 Å². The van der Waals surface area contributed by atoms with Crippen LogP contribution < -0.4 is 4.90 Å². The second-order valence-electron chi connectivity index (χ2n) is 5.50. The minimum Gasteiger partial charge on any atom is -0.465 e. The summed E-state index contributed by atoms with van der Waals surface area (Å²) in [6.07, 6.45) is 0.907. The van der Waals surface area contributed by atoms with E-state index in [4.69, 9.17) is 11.6 Å². The largest absolute Gasteiger partial charge is 0.465 e. The predicted octanol–water partition coefficient (Wildman–Crippen LogP) is 2.86. The standard InChI is InChI=1S/C15H17ClN4O2/c1-19(10-5-4-8-20(9-10)15(21)22)14-12-7-3-2-6-11(12)13(16)17-18-14/h2-3,6-7,10H,4-5,8-9H2,1H3,(H,21,22)/t10-/m1/s1. The van der Waals surface area contributed by atoms with Gasteiger partial charge in [0.05, 0.1) is 0 Å². The van der Waals surface area contributed by atoms with E-state index in [0.29, 0.717) is 18.2 Å². The Kier molecular flexibility index (Phi) is 4.02. The van der Waals surface area contributed by atoms with Crippen molar-refractivity contribution >= 4 is 34.3 Å². The zero-order chi connectivity index (χ0) is 15.7. The van der Waals surface area contributed by atoms with Crippen LogP contribution in [0.15, 0.2) is 24.3 Å². The molecule has 1 aliphatic rings. The number of anilines is 1. The Hall–Kier alpha value is -2.08. The molecule has 1 saturated heterocycles. The van der Waals surface area contributed by atoms with Gasteiger partial charge in [0, 0.05) is 37.0 Å². The molecule has 1 amide bonds. The first-order valence-electron chi connectivity index (χ1n) is 7.19. The number of likely N-dealkylation sites (N-methyl/N-ethyl adjacent to an activating group) is 1. The number of benzene rings is 1. The number of piperidine rings is 1. The number of carboxylic acid groups (broad SMARTS) is 1. The molecule has 1 atom stereocenters. The molecule has 0 spiro atoms. The molecule has 2 heterocycles. The lowest BCUT2D eigenvalue weighted by molar-refractivity contribution is 0.130. The van der Waals surface area contributed by atoms with Gasteiger partial charge >= 0.3 is 6.09 Å². The lowest BCUT2D eigenvalue weighted by Crippen LogP contribution is -2.48. The van der Waals surface area contributed by atoms with Gasteiger partial charge < -0.3 is 14.9 Å². The molecule has 0 unspecified atom stereocenters. The van der Waals surface area contributed by atoms with Crippen LogP contribution in [0.2, 0.25) is 5.15 Å². The third-order valence-corrected chi connectivity index (χ3v) is 4.45. The van der Waals surface area contributed by atoms with E-state index in [1.54, 1.807) is 0 Å². The topological polar surface area (TPSA) is 69.6 Å². The van der Waals surface area contributed by atoms with E-state index < -0.39 is 6.09 Å². The molecule has 3 rings (SSSR count). The first kappa shape index (κ1) is 14.8. The molecule has 1 N–H and O–H groups in total. The Bertz CT molecular complexity index is 709. The summed E-state index contributed by atoms with van der Waals surface area (Å²) in [6.45, 7) is 1.07. The van der Waals surface area contributed by atoms with Gasteiger partial charge in [0.1, 0.15) is 0 Å². The number of carbonyl (C=O) groups is 1. The van der Waals surface area contributed by atoms with Crippen molar-refractivity contribution < 1.29 is 9.90 Å². The molecule has 2 aromatic rings. The highest BCUT2D eigenvalue weighted by molar-refractivity contribution is 6.34. The lowest BCUT2D eigenvalue weighted by atomic mass is 10.0. The van der Waals surface area contributed by atoms with E-state index in [2.05, 4.69) is 10.2 Å². The maximum atomic E-state index is 11.2. The Morgan fingerprint density at radius 1 is 1.36 bits per heavy atom. The molecule has 116 valence electrons.